The molecule has 0 spiro atoms. The Labute approximate surface area is 110 Å². The minimum Gasteiger partial charge on any atom is -0.491 e. The van der Waals surface area contributed by atoms with E-state index in [4.69, 9.17) is 10.5 Å². The smallest absolute Gasteiger partial charge is 0.414 e. The van der Waals surface area contributed by atoms with Crippen LogP contribution in [0.2, 0.25) is 0 Å². The predicted octanol–water partition coefficient (Wildman–Crippen LogP) is 2.53. The van der Waals surface area contributed by atoms with Crippen molar-refractivity contribution in [1.82, 2.24) is 0 Å². The standard InChI is InChI=1S/C13H18F3NO2/c1-10(13(14,15)16)18-8-9-19-12-4-2-11(3-5-12)6-7-17/h2-5,10H,6-9,17H2,1H3. The summed E-state index contributed by atoms with van der Waals surface area (Å²) >= 11 is 0. The summed E-state index contributed by atoms with van der Waals surface area (Å²) in [6, 6.07) is 7.28. The Hall–Kier alpha value is -1.27. The maximum Gasteiger partial charge on any atom is 0.414 e. The maximum atomic E-state index is 12.1. The predicted molar refractivity (Wildman–Crippen MR) is 66.2 cm³/mol. The topological polar surface area (TPSA) is 44.5 Å². The number of ether oxygens (including phenoxy) is 2. The number of nitrogens with two attached hydrogens (primary N) is 1. The first-order valence-corrected chi connectivity index (χ1v) is 6.03. The van der Waals surface area contributed by atoms with Crippen LogP contribution in [0.1, 0.15) is 12.5 Å². The van der Waals surface area contributed by atoms with Gasteiger partial charge in [-0.3, -0.25) is 0 Å². The van der Waals surface area contributed by atoms with Gasteiger partial charge in [0.15, 0.2) is 6.10 Å². The van der Waals surface area contributed by atoms with E-state index >= 15 is 0 Å². The average molecular weight is 277 g/mol. The first-order valence-electron chi connectivity index (χ1n) is 6.03. The molecule has 6 heteroatoms. The fourth-order valence-electron chi connectivity index (χ4n) is 1.40. The summed E-state index contributed by atoms with van der Waals surface area (Å²) < 4.78 is 46.3. The van der Waals surface area contributed by atoms with E-state index in [-0.39, 0.29) is 13.2 Å². The van der Waals surface area contributed by atoms with Crippen LogP contribution in [0.5, 0.6) is 5.75 Å². The normalized spacial score (nSPS) is 13.3. The lowest BCUT2D eigenvalue weighted by Gasteiger charge is -2.16. The first kappa shape index (κ1) is 15.8. The Morgan fingerprint density at radius 1 is 1.16 bits per heavy atom. The van der Waals surface area contributed by atoms with Crippen molar-refractivity contribution in [1.29, 1.82) is 0 Å². The molecule has 1 aromatic rings. The van der Waals surface area contributed by atoms with Crippen LogP contribution in [-0.2, 0) is 11.2 Å². The van der Waals surface area contributed by atoms with Gasteiger partial charge in [-0.15, -0.1) is 0 Å². The van der Waals surface area contributed by atoms with Gasteiger partial charge in [-0.1, -0.05) is 12.1 Å². The Balaban J connectivity index is 2.26. The molecule has 0 bridgehead atoms. The van der Waals surface area contributed by atoms with E-state index in [1.807, 2.05) is 12.1 Å². The molecule has 0 aliphatic heterocycles. The Bertz CT molecular complexity index is 365. The molecule has 0 aliphatic carbocycles. The second-order valence-corrected chi connectivity index (χ2v) is 4.09. The molecule has 108 valence electrons. The Morgan fingerprint density at radius 3 is 2.32 bits per heavy atom. The summed E-state index contributed by atoms with van der Waals surface area (Å²) in [5, 5.41) is 0. The van der Waals surface area contributed by atoms with Gasteiger partial charge in [-0.25, -0.2) is 0 Å². The highest BCUT2D eigenvalue weighted by Gasteiger charge is 2.36. The minimum atomic E-state index is -4.33. The lowest BCUT2D eigenvalue weighted by atomic mass is 10.1. The van der Waals surface area contributed by atoms with Crippen molar-refractivity contribution in [2.75, 3.05) is 19.8 Å². The number of hydrogen-bond donors (Lipinski definition) is 1. The molecule has 0 aromatic heterocycles. The van der Waals surface area contributed by atoms with Crippen molar-refractivity contribution in [2.24, 2.45) is 5.73 Å². The van der Waals surface area contributed by atoms with Crippen molar-refractivity contribution in [2.45, 2.75) is 25.6 Å². The average Bonchev–Trinajstić information content (AvgIpc) is 2.35. The molecule has 0 heterocycles. The fourth-order valence-corrected chi connectivity index (χ4v) is 1.40. The first-order chi connectivity index (χ1) is 8.93. The van der Waals surface area contributed by atoms with Gasteiger partial charge in [-0.2, -0.15) is 13.2 Å². The van der Waals surface area contributed by atoms with Gasteiger partial charge in [0, 0.05) is 0 Å². The summed E-state index contributed by atoms with van der Waals surface area (Å²) in [6.07, 6.45) is -5.32. The van der Waals surface area contributed by atoms with Crippen LogP contribution < -0.4 is 10.5 Å². The van der Waals surface area contributed by atoms with Gasteiger partial charge in [0.2, 0.25) is 0 Å². The zero-order chi connectivity index (χ0) is 14.3. The van der Waals surface area contributed by atoms with Gasteiger partial charge >= 0.3 is 6.18 Å². The SMILES string of the molecule is CC(OCCOc1ccc(CCN)cc1)C(F)(F)F. The van der Waals surface area contributed by atoms with E-state index in [9.17, 15) is 13.2 Å². The zero-order valence-electron chi connectivity index (χ0n) is 10.7. The summed E-state index contributed by atoms with van der Waals surface area (Å²) in [4.78, 5) is 0. The highest BCUT2D eigenvalue weighted by Crippen LogP contribution is 2.22. The molecule has 1 atom stereocenters. The summed E-state index contributed by atoms with van der Waals surface area (Å²) in [6.45, 7) is 1.52. The number of hydrogen-bond acceptors (Lipinski definition) is 3. The van der Waals surface area contributed by atoms with Gasteiger partial charge in [0.05, 0.1) is 6.61 Å². The summed E-state index contributed by atoms with van der Waals surface area (Å²) in [7, 11) is 0. The van der Waals surface area contributed by atoms with Crippen LogP contribution in [-0.4, -0.2) is 32.0 Å². The lowest BCUT2D eigenvalue weighted by molar-refractivity contribution is -0.215. The molecule has 1 aromatic carbocycles. The highest BCUT2D eigenvalue weighted by atomic mass is 19.4. The van der Waals surface area contributed by atoms with Crippen LogP contribution in [0, 0.1) is 0 Å². The van der Waals surface area contributed by atoms with Crippen LogP contribution in [0.3, 0.4) is 0 Å². The molecule has 2 N–H and O–H groups in total. The van der Waals surface area contributed by atoms with Crippen molar-refractivity contribution in [3.8, 4) is 5.75 Å². The van der Waals surface area contributed by atoms with E-state index in [1.165, 1.54) is 0 Å². The van der Waals surface area contributed by atoms with E-state index in [2.05, 4.69) is 4.74 Å². The molecule has 0 fully saturated rings. The monoisotopic (exact) mass is 277 g/mol. The molecular weight excluding hydrogens is 259 g/mol. The maximum absolute atomic E-state index is 12.1. The number of halogens is 3. The summed E-state index contributed by atoms with van der Waals surface area (Å²) in [5.41, 5.74) is 6.51. The molecule has 3 nitrogen and oxygen atoms in total. The van der Waals surface area contributed by atoms with Gasteiger partial charge in [-0.05, 0) is 37.6 Å². The van der Waals surface area contributed by atoms with Gasteiger partial charge in [0.1, 0.15) is 12.4 Å². The van der Waals surface area contributed by atoms with E-state index in [0.29, 0.717) is 12.3 Å². The molecule has 1 unspecified atom stereocenters. The van der Waals surface area contributed by atoms with Crippen molar-refractivity contribution < 1.29 is 22.6 Å². The largest absolute Gasteiger partial charge is 0.491 e. The highest BCUT2D eigenvalue weighted by molar-refractivity contribution is 5.27. The Kier molecular flexibility index (Phi) is 6.11. The van der Waals surface area contributed by atoms with Crippen molar-refractivity contribution in [3.05, 3.63) is 29.8 Å². The van der Waals surface area contributed by atoms with Gasteiger partial charge < -0.3 is 15.2 Å². The zero-order valence-corrected chi connectivity index (χ0v) is 10.7. The van der Waals surface area contributed by atoms with Crippen molar-refractivity contribution in [3.63, 3.8) is 0 Å². The van der Waals surface area contributed by atoms with E-state index < -0.39 is 12.3 Å². The van der Waals surface area contributed by atoms with Crippen LogP contribution in [0.4, 0.5) is 13.2 Å². The molecule has 1 rings (SSSR count). The molecular formula is C13H18F3NO2. The third-order valence-electron chi connectivity index (χ3n) is 2.54. The fraction of sp³-hybridized carbons (Fsp3) is 0.538. The van der Waals surface area contributed by atoms with Gasteiger partial charge in [0.25, 0.3) is 0 Å². The number of rotatable bonds is 7. The lowest BCUT2D eigenvalue weighted by Crippen LogP contribution is -2.29. The van der Waals surface area contributed by atoms with Crippen LogP contribution in [0.25, 0.3) is 0 Å². The number of benzene rings is 1. The molecule has 0 saturated carbocycles. The van der Waals surface area contributed by atoms with E-state index in [1.54, 1.807) is 12.1 Å². The van der Waals surface area contributed by atoms with E-state index in [0.717, 1.165) is 18.9 Å². The quantitative estimate of drug-likeness (QED) is 0.779. The third-order valence-corrected chi connectivity index (χ3v) is 2.54. The second kappa shape index (κ2) is 7.35. The summed E-state index contributed by atoms with van der Waals surface area (Å²) in [5.74, 6) is 0.601. The van der Waals surface area contributed by atoms with Crippen molar-refractivity contribution >= 4 is 0 Å². The molecule has 0 saturated heterocycles. The van der Waals surface area contributed by atoms with Crippen LogP contribution >= 0.6 is 0 Å². The molecule has 0 aliphatic rings. The molecule has 0 amide bonds. The third kappa shape index (κ3) is 5.94. The molecule has 19 heavy (non-hydrogen) atoms. The number of alkyl halides is 3. The van der Waals surface area contributed by atoms with Crippen LogP contribution in [0.15, 0.2) is 24.3 Å². The Morgan fingerprint density at radius 2 is 1.79 bits per heavy atom. The second-order valence-electron chi connectivity index (χ2n) is 4.09. The minimum absolute atomic E-state index is 0.0800. The molecule has 0 radical (unpaired) electrons.